The summed E-state index contributed by atoms with van der Waals surface area (Å²) in [5.74, 6) is 2.94. The number of piperidine rings is 1. The standard InChI is InChI=1S/C32H46N8O5/c1-5-37-14-15-38(29(42)9-7-12-40-22-33-21-35-40)13-10-28(41)34-18-23-8-6-11-39(19-23)32-24(20-37)16-25-26(36-32)17-27(43-2)31(45-4)30(25)44-3/h16-17,21-23H,5-15,18-20H2,1-4H3,(H,34,41). The highest BCUT2D eigenvalue weighted by Crippen LogP contribution is 2.44. The summed E-state index contributed by atoms with van der Waals surface area (Å²) in [6.07, 6.45) is 6.53. The normalized spacial score (nSPS) is 18.5. The van der Waals surface area contributed by atoms with Gasteiger partial charge in [0, 0.05) is 82.2 Å². The first-order valence-corrected chi connectivity index (χ1v) is 15.9. The number of pyridine rings is 1. The van der Waals surface area contributed by atoms with Crippen LogP contribution in [-0.4, -0.2) is 109 Å². The van der Waals surface area contributed by atoms with Gasteiger partial charge in [0.2, 0.25) is 17.6 Å². The minimum atomic E-state index is -0.0209. The molecule has 1 aromatic carbocycles. The predicted molar refractivity (Wildman–Crippen MR) is 171 cm³/mol. The van der Waals surface area contributed by atoms with Gasteiger partial charge in [0.1, 0.15) is 18.5 Å². The van der Waals surface area contributed by atoms with E-state index in [-0.39, 0.29) is 18.2 Å². The number of anilines is 1. The van der Waals surface area contributed by atoms with Gasteiger partial charge >= 0.3 is 0 Å². The van der Waals surface area contributed by atoms with Gasteiger partial charge in [-0.25, -0.2) is 9.97 Å². The summed E-state index contributed by atoms with van der Waals surface area (Å²) >= 11 is 0. The number of ether oxygens (including phenoxy) is 3. The molecule has 2 aromatic heterocycles. The van der Waals surface area contributed by atoms with Crippen molar-refractivity contribution in [2.75, 3.05) is 72.0 Å². The van der Waals surface area contributed by atoms with Gasteiger partial charge in [0.05, 0.1) is 26.8 Å². The number of aromatic nitrogens is 4. The van der Waals surface area contributed by atoms with Gasteiger partial charge in [-0.3, -0.25) is 19.2 Å². The van der Waals surface area contributed by atoms with Gasteiger partial charge in [-0.15, -0.1) is 0 Å². The lowest BCUT2D eigenvalue weighted by Crippen LogP contribution is -2.42. The van der Waals surface area contributed by atoms with E-state index in [4.69, 9.17) is 19.2 Å². The van der Waals surface area contributed by atoms with E-state index in [1.165, 1.54) is 6.33 Å². The summed E-state index contributed by atoms with van der Waals surface area (Å²) < 4.78 is 18.9. The Morgan fingerprint density at radius 2 is 1.91 bits per heavy atom. The van der Waals surface area contributed by atoms with Gasteiger partial charge in [-0.2, -0.15) is 5.10 Å². The SMILES string of the molecule is CCN1CCN(C(=O)CCCn2cncn2)CCC(=O)NCC2CCCN(C2)c2nc3cc(OC)c(OC)c(OC)c3cc2C1. The first kappa shape index (κ1) is 32.3. The lowest BCUT2D eigenvalue weighted by atomic mass is 9.97. The summed E-state index contributed by atoms with van der Waals surface area (Å²) in [5.41, 5.74) is 1.85. The Labute approximate surface area is 264 Å². The zero-order valence-electron chi connectivity index (χ0n) is 27.0. The second-order valence-corrected chi connectivity index (χ2v) is 11.7. The summed E-state index contributed by atoms with van der Waals surface area (Å²) in [7, 11) is 4.85. The van der Waals surface area contributed by atoms with Crippen molar-refractivity contribution in [3.8, 4) is 17.2 Å². The molecule has 1 saturated heterocycles. The Morgan fingerprint density at radius 3 is 2.64 bits per heavy atom. The van der Waals surface area contributed by atoms with Crippen LogP contribution in [0.4, 0.5) is 5.82 Å². The molecule has 5 rings (SSSR count). The maximum Gasteiger partial charge on any atom is 0.222 e. The molecule has 0 aliphatic carbocycles. The Kier molecular flexibility index (Phi) is 10.9. The molecule has 2 aliphatic heterocycles. The Balaban J connectivity index is 1.46. The minimum absolute atomic E-state index is 0.0209. The van der Waals surface area contributed by atoms with Gasteiger partial charge < -0.3 is 29.3 Å². The third-order valence-electron chi connectivity index (χ3n) is 8.82. The molecule has 45 heavy (non-hydrogen) atoms. The fourth-order valence-electron chi connectivity index (χ4n) is 6.33. The maximum absolute atomic E-state index is 13.4. The van der Waals surface area contributed by atoms with E-state index in [9.17, 15) is 9.59 Å². The number of rotatable bonds is 8. The molecule has 0 saturated carbocycles. The first-order chi connectivity index (χ1) is 21.9. The molecule has 2 bridgehead atoms. The highest BCUT2D eigenvalue weighted by Gasteiger charge is 2.27. The van der Waals surface area contributed by atoms with E-state index in [0.717, 1.165) is 54.8 Å². The van der Waals surface area contributed by atoms with Crippen LogP contribution in [0.2, 0.25) is 0 Å². The number of benzene rings is 1. The number of amides is 2. The van der Waals surface area contributed by atoms with Gasteiger partial charge in [0.15, 0.2) is 11.5 Å². The van der Waals surface area contributed by atoms with Crippen LogP contribution >= 0.6 is 0 Å². The number of aryl methyl sites for hydroxylation is 1. The lowest BCUT2D eigenvalue weighted by molar-refractivity contribution is -0.132. The van der Waals surface area contributed by atoms with Gasteiger partial charge in [-0.05, 0) is 37.8 Å². The number of hydrogen-bond acceptors (Lipinski definition) is 10. The molecular formula is C32H46N8O5. The molecule has 244 valence electrons. The van der Waals surface area contributed by atoms with E-state index < -0.39 is 0 Å². The van der Waals surface area contributed by atoms with E-state index in [1.54, 1.807) is 32.3 Å². The van der Waals surface area contributed by atoms with Crippen LogP contribution in [0, 0.1) is 5.92 Å². The molecule has 0 radical (unpaired) electrons. The van der Waals surface area contributed by atoms with Crippen molar-refractivity contribution in [3.63, 3.8) is 0 Å². The summed E-state index contributed by atoms with van der Waals surface area (Å²) in [6.45, 7) is 8.08. The second-order valence-electron chi connectivity index (χ2n) is 11.7. The van der Waals surface area contributed by atoms with Crippen LogP contribution in [0.5, 0.6) is 17.2 Å². The topological polar surface area (TPSA) is 127 Å². The molecule has 3 aromatic rings. The molecule has 4 heterocycles. The third kappa shape index (κ3) is 7.75. The molecular weight excluding hydrogens is 576 g/mol. The first-order valence-electron chi connectivity index (χ1n) is 15.9. The van der Waals surface area contributed by atoms with Crippen LogP contribution < -0.4 is 24.4 Å². The smallest absolute Gasteiger partial charge is 0.222 e. The monoisotopic (exact) mass is 622 g/mol. The minimum Gasteiger partial charge on any atom is -0.493 e. The van der Waals surface area contributed by atoms with E-state index in [2.05, 4.69) is 38.2 Å². The quantitative estimate of drug-likeness (QED) is 0.401. The van der Waals surface area contributed by atoms with Gasteiger partial charge in [0.25, 0.3) is 0 Å². The third-order valence-corrected chi connectivity index (χ3v) is 8.82. The van der Waals surface area contributed by atoms with Crippen molar-refractivity contribution in [1.82, 2.24) is 34.9 Å². The zero-order chi connectivity index (χ0) is 31.8. The number of hydrogen-bond donors (Lipinski definition) is 1. The fourth-order valence-corrected chi connectivity index (χ4v) is 6.33. The maximum atomic E-state index is 13.4. The number of carbonyl (C=O) groups excluding carboxylic acids is 2. The molecule has 2 aliphatic rings. The fraction of sp³-hybridized carbons (Fsp3) is 0.594. The molecule has 13 nitrogen and oxygen atoms in total. The molecule has 1 atom stereocenters. The van der Waals surface area contributed by atoms with Crippen LogP contribution in [0.15, 0.2) is 24.8 Å². The molecule has 13 heteroatoms. The molecule has 1 fully saturated rings. The summed E-state index contributed by atoms with van der Waals surface area (Å²) in [4.78, 5) is 42.0. The van der Waals surface area contributed by atoms with Crippen molar-refractivity contribution >= 4 is 28.5 Å². The van der Waals surface area contributed by atoms with Crippen molar-refractivity contribution in [2.45, 2.75) is 52.1 Å². The van der Waals surface area contributed by atoms with Crippen LogP contribution in [0.3, 0.4) is 0 Å². The van der Waals surface area contributed by atoms with E-state index in [1.807, 2.05) is 11.0 Å². The number of likely N-dealkylation sites (N-methyl/N-ethyl adjacent to an activating group) is 1. The average molecular weight is 623 g/mol. The number of fused-ring (bicyclic) bond motifs is 5. The summed E-state index contributed by atoms with van der Waals surface area (Å²) in [5, 5.41) is 8.13. The zero-order valence-corrected chi connectivity index (χ0v) is 27.0. The molecule has 1 N–H and O–H groups in total. The highest BCUT2D eigenvalue weighted by molar-refractivity contribution is 5.92. The largest absolute Gasteiger partial charge is 0.493 e. The Morgan fingerprint density at radius 1 is 1.07 bits per heavy atom. The lowest BCUT2D eigenvalue weighted by Gasteiger charge is -2.35. The average Bonchev–Trinajstić information content (AvgIpc) is 3.58. The molecule has 2 amide bonds. The van der Waals surface area contributed by atoms with E-state index in [0.29, 0.717) is 75.3 Å². The van der Waals surface area contributed by atoms with Crippen molar-refractivity contribution < 1.29 is 23.8 Å². The van der Waals surface area contributed by atoms with Crippen molar-refractivity contribution in [1.29, 1.82) is 0 Å². The second kappa shape index (κ2) is 15.2. The Bertz CT molecular complexity index is 1450. The molecule has 1 unspecified atom stereocenters. The van der Waals surface area contributed by atoms with Crippen LogP contribution in [0.1, 0.15) is 44.6 Å². The number of carbonyl (C=O) groups is 2. The number of nitrogens with one attached hydrogen (secondary N) is 1. The van der Waals surface area contributed by atoms with Crippen LogP contribution in [-0.2, 0) is 22.7 Å². The van der Waals surface area contributed by atoms with E-state index >= 15 is 0 Å². The van der Waals surface area contributed by atoms with Crippen molar-refractivity contribution in [2.24, 2.45) is 5.92 Å². The summed E-state index contributed by atoms with van der Waals surface area (Å²) in [6, 6.07) is 4.07. The predicted octanol–water partition coefficient (Wildman–Crippen LogP) is 2.72. The number of methoxy groups -OCH3 is 3. The highest BCUT2D eigenvalue weighted by atomic mass is 16.5. The number of nitrogens with zero attached hydrogens (tertiary/aromatic N) is 7. The van der Waals surface area contributed by atoms with Crippen molar-refractivity contribution in [3.05, 3.63) is 30.4 Å². The van der Waals surface area contributed by atoms with Crippen LogP contribution in [0.25, 0.3) is 10.9 Å². The Hall–Kier alpha value is -4.13. The molecule has 0 spiro atoms. The van der Waals surface area contributed by atoms with Gasteiger partial charge in [-0.1, -0.05) is 6.92 Å².